The van der Waals surface area contributed by atoms with Crippen LogP contribution in [0.4, 0.5) is 5.82 Å². The van der Waals surface area contributed by atoms with Crippen molar-refractivity contribution in [2.45, 2.75) is 45.7 Å². The van der Waals surface area contributed by atoms with E-state index < -0.39 is 17.9 Å². The lowest BCUT2D eigenvalue weighted by Crippen LogP contribution is -2.30. The summed E-state index contributed by atoms with van der Waals surface area (Å²) in [5.41, 5.74) is 3.65. The van der Waals surface area contributed by atoms with Crippen LogP contribution in [-0.2, 0) is 4.79 Å². The van der Waals surface area contributed by atoms with E-state index >= 15 is 0 Å². The number of anilines is 1. The van der Waals surface area contributed by atoms with Crippen molar-refractivity contribution in [3.05, 3.63) is 77.5 Å². The Morgan fingerprint density at radius 1 is 1.08 bits per heavy atom. The van der Waals surface area contributed by atoms with Gasteiger partial charge in [0.15, 0.2) is 17.1 Å². The second-order valence-electron chi connectivity index (χ2n) is 10.4. The monoisotopic (exact) mass is 514 g/mol. The summed E-state index contributed by atoms with van der Waals surface area (Å²) in [5.74, 6) is 0.615. The number of carbonyl (C=O) groups excluding carboxylic acids is 1. The molecule has 0 saturated carbocycles. The lowest BCUT2D eigenvalue weighted by Gasteiger charge is -2.23. The van der Waals surface area contributed by atoms with Gasteiger partial charge in [-0.1, -0.05) is 29.8 Å². The second kappa shape index (κ2) is 9.74. The zero-order valence-corrected chi connectivity index (χ0v) is 21.7. The lowest BCUT2D eigenvalue weighted by molar-refractivity contribution is -0.137. The number of carboxylic acids is 1. The summed E-state index contributed by atoms with van der Waals surface area (Å²) in [7, 11) is 0. The molecule has 1 aliphatic heterocycles. The van der Waals surface area contributed by atoms with Crippen LogP contribution in [0, 0.1) is 6.92 Å². The van der Waals surface area contributed by atoms with E-state index in [1.165, 1.54) is 0 Å². The van der Waals surface area contributed by atoms with Crippen molar-refractivity contribution in [1.29, 1.82) is 0 Å². The molecule has 0 spiro atoms. The molecule has 0 radical (unpaired) electrons. The van der Waals surface area contributed by atoms with Crippen LogP contribution in [0.3, 0.4) is 0 Å². The van der Waals surface area contributed by atoms with E-state index in [9.17, 15) is 14.7 Å². The van der Waals surface area contributed by atoms with E-state index in [1.54, 1.807) is 12.1 Å². The summed E-state index contributed by atoms with van der Waals surface area (Å²) in [6.07, 6.45) is 1.60. The van der Waals surface area contributed by atoms with Crippen LogP contribution in [-0.4, -0.2) is 38.7 Å². The average molecular weight is 515 g/mol. The van der Waals surface area contributed by atoms with Crippen molar-refractivity contribution in [2.24, 2.45) is 0 Å². The largest absolute Gasteiger partial charge is 0.481 e. The third-order valence-corrected chi connectivity index (χ3v) is 6.16. The van der Waals surface area contributed by atoms with E-state index in [-0.39, 0.29) is 18.8 Å². The predicted molar refractivity (Wildman–Crippen MR) is 144 cm³/mol. The molecule has 1 aliphatic rings. The van der Waals surface area contributed by atoms with Crippen LogP contribution in [0.5, 0.6) is 11.5 Å². The number of hydrogen-bond acceptors (Lipinski definition) is 6. The van der Waals surface area contributed by atoms with Gasteiger partial charge in [-0.05, 0) is 63.6 Å². The van der Waals surface area contributed by atoms with E-state index in [4.69, 9.17) is 14.5 Å². The third kappa shape index (κ3) is 5.13. The number of hydrogen-bond donors (Lipinski definition) is 3. The highest BCUT2D eigenvalue weighted by molar-refractivity contribution is 6.01. The van der Waals surface area contributed by atoms with Crippen molar-refractivity contribution >= 4 is 23.3 Å². The van der Waals surface area contributed by atoms with Gasteiger partial charge >= 0.3 is 5.97 Å². The summed E-state index contributed by atoms with van der Waals surface area (Å²) in [4.78, 5) is 30.1. The number of carboxylic acid groups (broad SMARTS) is 1. The number of aromatic nitrogens is 2. The van der Waals surface area contributed by atoms with Crippen molar-refractivity contribution in [1.82, 2.24) is 14.7 Å². The van der Waals surface area contributed by atoms with Gasteiger partial charge in [-0.2, -0.15) is 0 Å². The Hall–Kier alpha value is -4.53. The molecule has 4 aromatic rings. The van der Waals surface area contributed by atoms with Crippen molar-refractivity contribution in [2.75, 3.05) is 12.1 Å². The first-order chi connectivity index (χ1) is 18.1. The summed E-state index contributed by atoms with van der Waals surface area (Å²) < 4.78 is 12.9. The molecule has 1 atom stereocenters. The van der Waals surface area contributed by atoms with Gasteiger partial charge in [-0.3, -0.25) is 14.0 Å². The van der Waals surface area contributed by atoms with Crippen LogP contribution in [0.15, 0.2) is 60.8 Å². The molecule has 1 unspecified atom stereocenters. The Kier molecular flexibility index (Phi) is 6.44. The number of aliphatic carboxylic acids is 1. The van der Waals surface area contributed by atoms with Gasteiger partial charge in [0.25, 0.3) is 5.91 Å². The molecule has 2 aromatic heterocycles. The van der Waals surface area contributed by atoms with Crippen LogP contribution < -0.4 is 20.1 Å². The minimum atomic E-state index is -1.00. The van der Waals surface area contributed by atoms with Crippen LogP contribution in [0.1, 0.15) is 54.7 Å². The fraction of sp³-hybridized carbons (Fsp3) is 0.276. The van der Waals surface area contributed by atoms with Crippen LogP contribution in [0.2, 0.25) is 0 Å². The minimum Gasteiger partial charge on any atom is -0.481 e. The molecule has 0 aliphatic carbocycles. The Morgan fingerprint density at radius 2 is 1.87 bits per heavy atom. The molecule has 0 bridgehead atoms. The number of rotatable bonds is 7. The lowest BCUT2D eigenvalue weighted by atomic mass is 10.0. The number of aryl methyl sites for hydroxylation is 1. The van der Waals surface area contributed by atoms with E-state index in [0.29, 0.717) is 28.4 Å². The third-order valence-electron chi connectivity index (χ3n) is 6.16. The SMILES string of the molecule is Cc1cccc(C(CC(=O)O)NC(=O)c2cccn3c(NC(C)(C)C)c(-c4ccc5c(c4)OCO5)nc23)c1. The highest BCUT2D eigenvalue weighted by Gasteiger charge is 2.26. The van der Waals surface area contributed by atoms with Gasteiger partial charge in [-0.15, -0.1) is 0 Å². The van der Waals surface area contributed by atoms with Crippen molar-refractivity contribution in [3.8, 4) is 22.8 Å². The number of nitrogens with one attached hydrogen (secondary N) is 2. The highest BCUT2D eigenvalue weighted by atomic mass is 16.7. The molecule has 2 aromatic carbocycles. The fourth-order valence-corrected chi connectivity index (χ4v) is 4.51. The van der Waals surface area contributed by atoms with Crippen LogP contribution in [0.25, 0.3) is 16.9 Å². The number of imidazole rings is 1. The molecule has 3 N–H and O–H groups in total. The number of benzene rings is 2. The molecule has 9 nitrogen and oxygen atoms in total. The van der Waals surface area contributed by atoms with Gasteiger partial charge in [-0.25, -0.2) is 4.98 Å². The quantitative estimate of drug-likeness (QED) is 0.311. The zero-order chi connectivity index (χ0) is 27.0. The van der Waals surface area contributed by atoms with E-state index in [0.717, 1.165) is 22.5 Å². The Bertz CT molecular complexity index is 1540. The molecule has 196 valence electrons. The first-order valence-electron chi connectivity index (χ1n) is 12.4. The first-order valence-corrected chi connectivity index (χ1v) is 12.4. The van der Waals surface area contributed by atoms with Gasteiger partial charge < -0.3 is 25.2 Å². The topological polar surface area (TPSA) is 114 Å². The maximum absolute atomic E-state index is 13.6. The van der Waals surface area contributed by atoms with Gasteiger partial charge in [0.2, 0.25) is 6.79 Å². The molecule has 1 amide bonds. The number of fused-ring (bicyclic) bond motifs is 2. The molecule has 5 rings (SSSR count). The summed E-state index contributed by atoms with van der Waals surface area (Å²) in [6.45, 7) is 8.23. The number of nitrogens with zero attached hydrogens (tertiary/aromatic N) is 2. The molecular weight excluding hydrogens is 484 g/mol. The fourth-order valence-electron chi connectivity index (χ4n) is 4.51. The Balaban J connectivity index is 1.58. The van der Waals surface area contributed by atoms with E-state index in [2.05, 4.69) is 10.6 Å². The molecule has 9 heteroatoms. The predicted octanol–water partition coefficient (Wildman–Crippen LogP) is 5.19. The molecular formula is C29H30N4O5. The Morgan fingerprint density at radius 3 is 2.61 bits per heavy atom. The maximum Gasteiger partial charge on any atom is 0.305 e. The average Bonchev–Trinajstić information content (AvgIpc) is 3.46. The standard InChI is InChI=1S/C29H30N4O5/c1-17-7-5-8-18(13-17)21(15-24(34)35)30-28(36)20-9-6-12-33-26(20)31-25(27(33)32-29(2,3)4)19-10-11-22-23(14-19)38-16-37-22/h5-14,21,32H,15-16H2,1-4H3,(H,30,36)(H,34,35). The van der Waals surface area contributed by atoms with Crippen molar-refractivity contribution in [3.63, 3.8) is 0 Å². The summed E-state index contributed by atoms with van der Waals surface area (Å²) in [5, 5.41) is 16.0. The summed E-state index contributed by atoms with van der Waals surface area (Å²) in [6, 6.07) is 15.9. The first kappa shape index (κ1) is 25.1. The molecule has 3 heterocycles. The van der Waals surface area contributed by atoms with Crippen molar-refractivity contribution < 1.29 is 24.2 Å². The zero-order valence-electron chi connectivity index (χ0n) is 21.7. The molecule has 0 saturated heterocycles. The normalized spacial score (nSPS) is 13.4. The van der Waals surface area contributed by atoms with E-state index in [1.807, 2.05) is 80.8 Å². The van der Waals surface area contributed by atoms with Crippen LogP contribution >= 0.6 is 0 Å². The van der Waals surface area contributed by atoms with Gasteiger partial charge in [0.1, 0.15) is 11.5 Å². The molecule has 0 fully saturated rings. The number of carbonyl (C=O) groups is 2. The highest BCUT2D eigenvalue weighted by Crippen LogP contribution is 2.39. The number of ether oxygens (including phenoxy) is 2. The minimum absolute atomic E-state index is 0.166. The second-order valence-corrected chi connectivity index (χ2v) is 10.4. The maximum atomic E-state index is 13.6. The summed E-state index contributed by atoms with van der Waals surface area (Å²) >= 11 is 0. The van der Waals surface area contributed by atoms with Gasteiger partial charge in [0.05, 0.1) is 18.0 Å². The smallest absolute Gasteiger partial charge is 0.305 e. The molecule has 38 heavy (non-hydrogen) atoms. The number of amides is 1. The number of pyridine rings is 1. The van der Waals surface area contributed by atoms with Gasteiger partial charge in [0, 0.05) is 17.3 Å². The Labute approximate surface area is 220 Å².